The molecule has 0 aromatic heterocycles. The summed E-state index contributed by atoms with van der Waals surface area (Å²) in [5, 5.41) is 0. The van der Waals surface area contributed by atoms with E-state index in [0.717, 1.165) is 6.42 Å². The largest absolute Gasteiger partial charge is 0.462 e. The van der Waals surface area contributed by atoms with Crippen molar-refractivity contribution in [3.05, 3.63) is 12.2 Å². The molecule has 0 N–H and O–H groups in total. The first-order valence-electron chi connectivity index (χ1n) is 11.2. The van der Waals surface area contributed by atoms with Gasteiger partial charge in [0.05, 0.1) is 6.61 Å². The van der Waals surface area contributed by atoms with E-state index in [9.17, 15) is 4.79 Å². The van der Waals surface area contributed by atoms with Gasteiger partial charge in [0.25, 0.3) is 0.564 Å². The lowest BCUT2D eigenvalue weighted by Gasteiger charge is -2.08. The van der Waals surface area contributed by atoms with Crippen molar-refractivity contribution >= 4 is 71.9 Å². The zero-order valence-corrected chi connectivity index (χ0v) is 25.4. The van der Waals surface area contributed by atoms with Gasteiger partial charge in [-0.05, 0) is 19.4 Å². The Labute approximate surface area is 213 Å². The van der Waals surface area contributed by atoms with Gasteiger partial charge in [0, 0.05) is 5.57 Å². The van der Waals surface area contributed by atoms with E-state index in [1.807, 2.05) is 0 Å². The van der Waals surface area contributed by atoms with Crippen molar-refractivity contribution in [1.29, 1.82) is 0 Å². The Balaban J connectivity index is 3.10. The van der Waals surface area contributed by atoms with Gasteiger partial charge >= 0.3 is 5.97 Å². The highest BCUT2D eigenvalue weighted by molar-refractivity contribution is 14.4. The Hall–Kier alpha value is 1.62. The molecule has 0 aliphatic rings. The molecule has 6 heteroatoms. The van der Waals surface area contributed by atoms with E-state index in [0.29, 0.717) is 12.2 Å². The fourth-order valence-electron chi connectivity index (χ4n) is 3.19. The van der Waals surface area contributed by atoms with Crippen LogP contribution in [0.4, 0.5) is 0 Å². The summed E-state index contributed by atoms with van der Waals surface area (Å²) in [6.07, 6.45) is 21.9. The molecule has 0 heterocycles. The monoisotopic (exact) mass is 746 g/mol. The second kappa shape index (κ2) is 20.5. The highest BCUT2D eigenvalue weighted by Crippen LogP contribution is 2.35. The van der Waals surface area contributed by atoms with Crippen molar-refractivity contribution < 1.29 is 9.53 Å². The molecule has 0 rings (SSSR count). The Morgan fingerprint density at radius 1 is 0.679 bits per heavy atom. The Morgan fingerprint density at radius 2 is 1.00 bits per heavy atom. The first-order valence-corrected chi connectivity index (χ1v) is 22.8. The molecule has 0 bridgehead atoms. The number of carbonyl (C=O) groups excluding carboxylic acids is 1. The van der Waals surface area contributed by atoms with Gasteiger partial charge < -0.3 is 4.74 Å². The standard InChI is InChI=1S/C22H41I3O2Si/c1-21(2)22(26)27-19-17-15-13-11-9-7-5-3-4-6-8-10-12-14-16-18-20-28(23,24)25/h1,3-20H2,2H3. The molecule has 0 aromatic carbocycles. The van der Waals surface area contributed by atoms with Crippen molar-refractivity contribution in [3.63, 3.8) is 0 Å². The van der Waals surface area contributed by atoms with Gasteiger partial charge in [0.1, 0.15) is 0 Å². The molecule has 166 valence electrons. The highest BCUT2D eigenvalue weighted by Gasteiger charge is 2.19. The van der Waals surface area contributed by atoms with E-state index in [1.165, 1.54) is 102 Å². The number of carbonyl (C=O) groups is 1. The summed E-state index contributed by atoms with van der Waals surface area (Å²) in [5.74, 6) is -0.253. The Kier molecular flexibility index (Phi) is 21.7. The van der Waals surface area contributed by atoms with Gasteiger partial charge in [-0.3, -0.25) is 0 Å². The average molecular weight is 746 g/mol. The minimum absolute atomic E-state index is 0.253. The van der Waals surface area contributed by atoms with Crippen LogP contribution in [0.15, 0.2) is 12.2 Å². The molecule has 0 saturated carbocycles. The van der Waals surface area contributed by atoms with E-state index < -0.39 is 0.564 Å². The molecule has 0 fully saturated rings. The molecule has 2 nitrogen and oxygen atoms in total. The predicted molar refractivity (Wildman–Crippen MR) is 152 cm³/mol. The summed E-state index contributed by atoms with van der Waals surface area (Å²) < 4.78 is 4.22. The molecule has 0 aromatic rings. The minimum atomic E-state index is -0.884. The van der Waals surface area contributed by atoms with E-state index >= 15 is 0 Å². The van der Waals surface area contributed by atoms with E-state index in [4.69, 9.17) is 4.74 Å². The summed E-state index contributed by atoms with van der Waals surface area (Å²) >= 11 is 8.04. The van der Waals surface area contributed by atoms with Crippen LogP contribution < -0.4 is 0 Å². The third kappa shape index (κ3) is 23.9. The Bertz CT molecular complexity index is 398. The molecule has 0 saturated heterocycles. The van der Waals surface area contributed by atoms with Crippen molar-refractivity contribution in [2.45, 2.75) is 116 Å². The van der Waals surface area contributed by atoms with Crippen molar-refractivity contribution in [3.8, 4) is 0 Å². The van der Waals surface area contributed by atoms with Crippen LogP contribution in [0.1, 0.15) is 110 Å². The maximum atomic E-state index is 11.2. The SMILES string of the molecule is C=C(C)C(=O)OCCCCCCCCCCCCCCCCCC[Si](I)(I)I. The summed E-state index contributed by atoms with van der Waals surface area (Å²) in [6, 6.07) is 1.47. The first-order chi connectivity index (χ1) is 13.3. The summed E-state index contributed by atoms with van der Waals surface area (Å²) in [6.45, 7) is 5.82. The van der Waals surface area contributed by atoms with Gasteiger partial charge in [-0.1, -0.05) is 168 Å². The molecule has 0 unspecified atom stereocenters. The van der Waals surface area contributed by atoms with Crippen LogP contribution >= 0.6 is 65.4 Å². The van der Waals surface area contributed by atoms with Gasteiger partial charge in [-0.25, -0.2) is 4.79 Å². The van der Waals surface area contributed by atoms with Crippen molar-refractivity contribution in [2.75, 3.05) is 6.61 Å². The topological polar surface area (TPSA) is 26.3 Å². The summed E-state index contributed by atoms with van der Waals surface area (Å²) in [4.78, 5) is 11.2. The smallest absolute Gasteiger partial charge is 0.333 e. The lowest BCUT2D eigenvalue weighted by Crippen LogP contribution is -2.05. The van der Waals surface area contributed by atoms with Crippen molar-refractivity contribution in [1.82, 2.24) is 0 Å². The molecule has 0 radical (unpaired) electrons. The van der Waals surface area contributed by atoms with E-state index in [1.54, 1.807) is 6.92 Å². The third-order valence-corrected chi connectivity index (χ3v) is 10.7. The molecule has 28 heavy (non-hydrogen) atoms. The maximum absolute atomic E-state index is 11.2. The molecule has 0 spiro atoms. The second-order valence-corrected chi connectivity index (χ2v) is 44.8. The lowest BCUT2D eigenvalue weighted by molar-refractivity contribution is -0.139. The van der Waals surface area contributed by atoms with Crippen molar-refractivity contribution in [2.24, 2.45) is 0 Å². The number of esters is 1. The lowest BCUT2D eigenvalue weighted by atomic mass is 10.0. The molecule has 0 amide bonds. The fourth-order valence-corrected chi connectivity index (χ4v) is 7.27. The number of halogens is 3. The maximum Gasteiger partial charge on any atom is 0.333 e. The highest BCUT2D eigenvalue weighted by atomic mass is 127. The molecular formula is C22H41I3O2Si. The van der Waals surface area contributed by atoms with E-state index in [-0.39, 0.29) is 5.97 Å². The number of unbranched alkanes of at least 4 members (excludes halogenated alkanes) is 15. The number of rotatable bonds is 20. The number of hydrogen-bond donors (Lipinski definition) is 0. The normalized spacial score (nSPS) is 11.6. The van der Waals surface area contributed by atoms with Crippen LogP contribution in [0.25, 0.3) is 0 Å². The third-order valence-electron chi connectivity index (χ3n) is 4.94. The summed E-state index contributed by atoms with van der Waals surface area (Å²) in [5.41, 5.74) is 0.493. The first kappa shape index (κ1) is 29.6. The van der Waals surface area contributed by atoms with Crippen LogP contribution in [-0.2, 0) is 9.53 Å². The van der Waals surface area contributed by atoms with Crippen LogP contribution in [-0.4, -0.2) is 13.1 Å². The molecule has 0 atom stereocenters. The van der Waals surface area contributed by atoms with Crippen LogP contribution in [0, 0.1) is 0 Å². The minimum Gasteiger partial charge on any atom is -0.462 e. The number of ether oxygens (including phenoxy) is 1. The van der Waals surface area contributed by atoms with Gasteiger partial charge in [0.15, 0.2) is 0 Å². The average Bonchev–Trinajstić information content (AvgIpc) is 2.62. The van der Waals surface area contributed by atoms with Crippen LogP contribution in [0.5, 0.6) is 0 Å². The number of hydrogen-bond acceptors (Lipinski definition) is 2. The zero-order valence-electron chi connectivity index (χ0n) is 17.9. The van der Waals surface area contributed by atoms with Gasteiger partial charge in [0.2, 0.25) is 0 Å². The molecule has 0 aliphatic carbocycles. The summed E-state index contributed by atoms with van der Waals surface area (Å²) in [7, 11) is 0. The Morgan fingerprint density at radius 3 is 1.32 bits per heavy atom. The fraction of sp³-hybridized carbons (Fsp3) is 0.864. The second-order valence-electron chi connectivity index (χ2n) is 7.94. The van der Waals surface area contributed by atoms with E-state index in [2.05, 4.69) is 72.0 Å². The van der Waals surface area contributed by atoms with Crippen LogP contribution in [0.3, 0.4) is 0 Å². The quantitative estimate of drug-likeness (QED) is 0.0310. The van der Waals surface area contributed by atoms with Gasteiger partial charge in [-0.2, -0.15) is 0 Å². The molecule has 0 aliphatic heterocycles. The predicted octanol–water partition coefficient (Wildman–Crippen LogP) is 9.59. The zero-order chi connectivity index (χ0) is 21.1. The van der Waals surface area contributed by atoms with Crippen LogP contribution in [0.2, 0.25) is 6.04 Å². The molecular weight excluding hydrogens is 705 g/mol. The van der Waals surface area contributed by atoms with Gasteiger partial charge in [-0.15, -0.1) is 0 Å².